The zero-order valence-electron chi connectivity index (χ0n) is 23.0. The van der Waals surface area contributed by atoms with E-state index >= 15 is 0 Å². The number of nitrogens with one attached hydrogen (secondary N) is 1. The number of pyridine rings is 1. The van der Waals surface area contributed by atoms with E-state index in [2.05, 4.69) is 5.32 Å². The second-order valence-corrected chi connectivity index (χ2v) is 8.71. The van der Waals surface area contributed by atoms with Gasteiger partial charge in [0.1, 0.15) is 0 Å². The van der Waals surface area contributed by atoms with Crippen molar-refractivity contribution in [1.29, 1.82) is 0 Å². The molecule has 0 unspecified atom stereocenters. The number of nitro benzene ring substituents is 1. The second kappa shape index (κ2) is 12.2. The first kappa shape index (κ1) is 28.6. The van der Waals surface area contributed by atoms with Crippen molar-refractivity contribution in [3.8, 4) is 34.3 Å². The molecular weight excluding hydrogens is 534 g/mol. The van der Waals surface area contributed by atoms with E-state index in [4.69, 9.17) is 28.7 Å². The highest BCUT2D eigenvalue weighted by Crippen LogP contribution is 2.41. The van der Waals surface area contributed by atoms with Crippen LogP contribution in [0.2, 0.25) is 0 Å². The quantitative estimate of drug-likeness (QED) is 0.160. The summed E-state index contributed by atoms with van der Waals surface area (Å²) in [5.74, 6) is -0.168. The fraction of sp³-hybridized carbons (Fsp3) is 0.207. The highest BCUT2D eigenvalue weighted by molar-refractivity contribution is 6.05. The number of hydrogen-bond acceptors (Lipinski definition) is 10. The molecule has 1 heterocycles. The molecule has 0 saturated carbocycles. The average molecular weight is 562 g/mol. The van der Waals surface area contributed by atoms with Gasteiger partial charge in [-0.25, -0.2) is 9.78 Å². The van der Waals surface area contributed by atoms with E-state index in [-0.39, 0.29) is 22.7 Å². The van der Waals surface area contributed by atoms with Gasteiger partial charge in [-0.3, -0.25) is 14.9 Å². The number of anilines is 1. The Hall–Kier alpha value is -5.39. The van der Waals surface area contributed by atoms with Crippen molar-refractivity contribution in [1.82, 2.24) is 4.98 Å². The van der Waals surface area contributed by atoms with Crippen molar-refractivity contribution in [3.63, 3.8) is 0 Å². The number of rotatable bonds is 10. The Morgan fingerprint density at radius 2 is 1.56 bits per heavy atom. The zero-order valence-corrected chi connectivity index (χ0v) is 23.0. The Balaban J connectivity index is 1.61. The van der Waals surface area contributed by atoms with Crippen LogP contribution in [0.1, 0.15) is 15.9 Å². The van der Waals surface area contributed by atoms with Crippen molar-refractivity contribution in [2.45, 2.75) is 6.92 Å². The van der Waals surface area contributed by atoms with Crippen LogP contribution >= 0.6 is 0 Å². The van der Waals surface area contributed by atoms with E-state index in [9.17, 15) is 19.7 Å². The first-order valence-electron chi connectivity index (χ1n) is 12.2. The molecule has 3 aromatic carbocycles. The summed E-state index contributed by atoms with van der Waals surface area (Å²) >= 11 is 0. The number of ether oxygens (including phenoxy) is 5. The summed E-state index contributed by atoms with van der Waals surface area (Å²) in [5, 5.41) is 14.4. The number of nitrogens with zero attached hydrogens (tertiary/aromatic N) is 2. The number of carbonyl (C=O) groups excluding carboxylic acids is 2. The molecule has 12 nitrogen and oxygen atoms in total. The van der Waals surface area contributed by atoms with Crippen LogP contribution in [-0.2, 0) is 9.53 Å². The third-order valence-corrected chi connectivity index (χ3v) is 6.23. The molecule has 4 aromatic rings. The van der Waals surface area contributed by atoms with E-state index in [1.807, 2.05) is 0 Å². The molecule has 0 aliphatic heterocycles. The Kier molecular flexibility index (Phi) is 8.51. The predicted octanol–water partition coefficient (Wildman–Crippen LogP) is 4.95. The fourth-order valence-corrected chi connectivity index (χ4v) is 4.23. The Morgan fingerprint density at radius 3 is 2.17 bits per heavy atom. The molecule has 0 aliphatic carbocycles. The molecule has 0 spiro atoms. The molecule has 4 rings (SSSR count). The summed E-state index contributed by atoms with van der Waals surface area (Å²) in [5.41, 5.74) is 2.25. The molecule has 0 fully saturated rings. The number of amides is 1. The molecule has 0 bridgehead atoms. The molecule has 0 radical (unpaired) electrons. The van der Waals surface area contributed by atoms with Crippen LogP contribution in [-0.4, -0.2) is 56.8 Å². The molecule has 212 valence electrons. The summed E-state index contributed by atoms with van der Waals surface area (Å²) < 4.78 is 26.7. The van der Waals surface area contributed by atoms with Gasteiger partial charge in [0, 0.05) is 28.8 Å². The van der Waals surface area contributed by atoms with E-state index in [1.54, 1.807) is 49.4 Å². The molecule has 0 saturated heterocycles. The molecule has 1 aromatic heterocycles. The molecule has 0 atom stereocenters. The molecule has 0 aliphatic rings. The summed E-state index contributed by atoms with van der Waals surface area (Å²) in [7, 11) is 5.78. The number of aromatic nitrogens is 1. The standard InChI is InChI=1S/C29H27N3O9/c1-16-10-23(32(35)36)24(37-2)14-21(16)31-27(33)15-41-29(34)19-13-22(30-20-9-7-6-8-18(19)20)17-11-25(38-3)28(40-5)26(12-17)39-4/h6-14H,15H2,1-5H3,(H,31,33). The maximum absolute atomic E-state index is 13.2. The van der Waals surface area contributed by atoms with Gasteiger partial charge in [0.25, 0.3) is 5.91 Å². The fourth-order valence-electron chi connectivity index (χ4n) is 4.23. The SMILES string of the molecule is COc1cc(NC(=O)COC(=O)c2cc(-c3cc(OC)c(OC)c(OC)c3)nc3ccccc23)c(C)cc1[N+](=O)[O-]. The molecular formula is C29H27N3O9. The molecule has 1 N–H and O–H groups in total. The van der Waals surface area contributed by atoms with Gasteiger partial charge in [0.15, 0.2) is 23.9 Å². The van der Waals surface area contributed by atoms with Gasteiger partial charge in [0.05, 0.1) is 50.1 Å². The lowest BCUT2D eigenvalue weighted by Gasteiger charge is -2.15. The minimum absolute atomic E-state index is 0.0181. The number of para-hydroxylation sites is 1. The lowest BCUT2D eigenvalue weighted by atomic mass is 10.0. The van der Waals surface area contributed by atoms with Gasteiger partial charge in [0.2, 0.25) is 5.75 Å². The average Bonchev–Trinajstić information content (AvgIpc) is 2.99. The van der Waals surface area contributed by atoms with Gasteiger partial charge in [-0.15, -0.1) is 0 Å². The number of carbonyl (C=O) groups is 2. The highest BCUT2D eigenvalue weighted by Gasteiger charge is 2.21. The van der Waals surface area contributed by atoms with Crippen LogP contribution < -0.4 is 24.3 Å². The number of fused-ring (bicyclic) bond motifs is 1. The van der Waals surface area contributed by atoms with Crippen LogP contribution in [0.3, 0.4) is 0 Å². The number of nitro groups is 1. The monoisotopic (exact) mass is 561 g/mol. The molecule has 12 heteroatoms. The summed E-state index contributed by atoms with van der Waals surface area (Å²) in [4.78, 5) is 41.2. The van der Waals surface area contributed by atoms with E-state index < -0.39 is 23.4 Å². The largest absolute Gasteiger partial charge is 0.493 e. The third kappa shape index (κ3) is 5.96. The minimum Gasteiger partial charge on any atom is -0.493 e. The smallest absolute Gasteiger partial charge is 0.339 e. The van der Waals surface area contributed by atoms with E-state index in [1.165, 1.54) is 40.6 Å². The maximum atomic E-state index is 13.2. The topological polar surface area (TPSA) is 148 Å². The zero-order chi connectivity index (χ0) is 29.7. The lowest BCUT2D eigenvalue weighted by Crippen LogP contribution is -2.21. The van der Waals surface area contributed by atoms with Crippen LogP contribution in [0, 0.1) is 17.0 Å². The van der Waals surface area contributed by atoms with E-state index in [0.29, 0.717) is 45.0 Å². The van der Waals surface area contributed by atoms with Gasteiger partial charge < -0.3 is 29.0 Å². The summed E-state index contributed by atoms with van der Waals surface area (Å²) in [6, 6.07) is 14.6. The Bertz CT molecular complexity index is 1630. The van der Waals surface area contributed by atoms with Crippen molar-refractivity contribution >= 4 is 34.2 Å². The summed E-state index contributed by atoms with van der Waals surface area (Å²) in [6.07, 6.45) is 0. The number of esters is 1. The van der Waals surface area contributed by atoms with Crippen LogP contribution in [0.5, 0.6) is 23.0 Å². The van der Waals surface area contributed by atoms with Gasteiger partial charge in [-0.1, -0.05) is 18.2 Å². The van der Waals surface area contributed by atoms with Crippen LogP contribution in [0.25, 0.3) is 22.2 Å². The van der Waals surface area contributed by atoms with Crippen molar-refractivity contribution in [2.24, 2.45) is 0 Å². The molecule has 41 heavy (non-hydrogen) atoms. The normalized spacial score (nSPS) is 10.6. The lowest BCUT2D eigenvalue weighted by molar-refractivity contribution is -0.385. The predicted molar refractivity (Wildman–Crippen MR) is 150 cm³/mol. The number of hydrogen-bond donors (Lipinski definition) is 1. The van der Waals surface area contributed by atoms with Crippen LogP contribution in [0.4, 0.5) is 11.4 Å². The maximum Gasteiger partial charge on any atom is 0.339 e. The van der Waals surface area contributed by atoms with Crippen molar-refractivity contribution in [2.75, 3.05) is 40.4 Å². The van der Waals surface area contributed by atoms with Gasteiger partial charge in [-0.2, -0.15) is 0 Å². The number of aryl methyl sites for hydroxylation is 1. The van der Waals surface area contributed by atoms with Gasteiger partial charge >= 0.3 is 11.7 Å². The minimum atomic E-state index is -0.745. The van der Waals surface area contributed by atoms with Crippen LogP contribution in [0.15, 0.2) is 54.6 Å². The Labute approximate surface area is 234 Å². The molecule has 1 amide bonds. The Morgan fingerprint density at radius 1 is 0.902 bits per heavy atom. The number of benzene rings is 3. The van der Waals surface area contributed by atoms with E-state index in [0.717, 1.165) is 0 Å². The highest BCUT2D eigenvalue weighted by atomic mass is 16.6. The first-order valence-corrected chi connectivity index (χ1v) is 12.2. The van der Waals surface area contributed by atoms with Gasteiger partial charge in [-0.05, 0) is 36.8 Å². The van der Waals surface area contributed by atoms with Crippen molar-refractivity contribution < 1.29 is 38.2 Å². The van der Waals surface area contributed by atoms with Crippen molar-refractivity contribution in [3.05, 3.63) is 75.8 Å². The number of methoxy groups -OCH3 is 4. The summed E-state index contributed by atoms with van der Waals surface area (Å²) in [6.45, 7) is 0.996. The first-order chi connectivity index (χ1) is 19.7. The second-order valence-electron chi connectivity index (χ2n) is 8.71. The third-order valence-electron chi connectivity index (χ3n) is 6.23.